The standard InChI is InChI=1S/C14H16O3/c1-2-3-10-4-6-11(7-5-10)12(15)14(8-9-14)13(16)17/h4-7H,2-3,8-9H2,1H3,(H,16,17). The van der Waals surface area contributed by atoms with Crippen LogP contribution in [-0.2, 0) is 11.2 Å². The zero-order valence-electron chi connectivity index (χ0n) is 9.90. The van der Waals surface area contributed by atoms with E-state index >= 15 is 0 Å². The van der Waals surface area contributed by atoms with Gasteiger partial charge in [0.25, 0.3) is 0 Å². The van der Waals surface area contributed by atoms with E-state index in [-0.39, 0.29) is 5.78 Å². The molecule has 1 aromatic carbocycles. The second kappa shape index (κ2) is 4.32. The molecule has 1 saturated carbocycles. The highest BCUT2D eigenvalue weighted by Crippen LogP contribution is 2.48. The molecular formula is C14H16O3. The van der Waals surface area contributed by atoms with Crippen molar-refractivity contribution in [2.45, 2.75) is 32.6 Å². The van der Waals surface area contributed by atoms with Gasteiger partial charge in [0.1, 0.15) is 5.41 Å². The van der Waals surface area contributed by atoms with Crippen molar-refractivity contribution in [2.75, 3.05) is 0 Å². The van der Waals surface area contributed by atoms with Crippen molar-refractivity contribution in [2.24, 2.45) is 5.41 Å². The maximum absolute atomic E-state index is 12.1. The van der Waals surface area contributed by atoms with E-state index in [1.165, 1.54) is 5.56 Å². The van der Waals surface area contributed by atoms with Crippen molar-refractivity contribution >= 4 is 11.8 Å². The summed E-state index contributed by atoms with van der Waals surface area (Å²) in [7, 11) is 0. The Hall–Kier alpha value is -1.64. The Bertz CT molecular complexity index is 441. The van der Waals surface area contributed by atoms with Gasteiger partial charge in [-0.3, -0.25) is 9.59 Å². The first-order valence-electron chi connectivity index (χ1n) is 5.97. The van der Waals surface area contributed by atoms with Gasteiger partial charge in [0, 0.05) is 5.56 Å². The van der Waals surface area contributed by atoms with Crippen LogP contribution < -0.4 is 0 Å². The highest BCUT2D eigenvalue weighted by Gasteiger charge is 2.56. The number of carbonyl (C=O) groups excluding carboxylic acids is 1. The summed E-state index contributed by atoms with van der Waals surface area (Å²) < 4.78 is 0. The summed E-state index contributed by atoms with van der Waals surface area (Å²) in [5.41, 5.74) is 0.584. The fraction of sp³-hybridized carbons (Fsp3) is 0.429. The number of hydrogen-bond donors (Lipinski definition) is 1. The molecule has 0 aliphatic heterocycles. The molecular weight excluding hydrogens is 216 g/mol. The average Bonchev–Trinajstić information content (AvgIpc) is 3.11. The first-order valence-corrected chi connectivity index (χ1v) is 5.97. The summed E-state index contributed by atoms with van der Waals surface area (Å²) in [6.07, 6.45) is 2.99. The molecule has 0 heterocycles. The largest absolute Gasteiger partial charge is 0.480 e. The van der Waals surface area contributed by atoms with Gasteiger partial charge in [0.2, 0.25) is 0 Å². The lowest BCUT2D eigenvalue weighted by Gasteiger charge is -2.08. The van der Waals surface area contributed by atoms with Gasteiger partial charge < -0.3 is 5.11 Å². The van der Waals surface area contributed by atoms with Crippen LogP contribution in [0.5, 0.6) is 0 Å². The number of Topliss-reactive ketones (excluding diaryl/α,β-unsaturated/α-hetero) is 1. The van der Waals surface area contributed by atoms with E-state index in [0.717, 1.165) is 12.8 Å². The van der Waals surface area contributed by atoms with Crippen molar-refractivity contribution in [3.05, 3.63) is 35.4 Å². The summed E-state index contributed by atoms with van der Waals surface area (Å²) in [5.74, 6) is -1.23. The lowest BCUT2D eigenvalue weighted by molar-refractivity contribution is -0.141. The van der Waals surface area contributed by atoms with Crippen LogP contribution in [0.1, 0.15) is 42.1 Å². The molecule has 0 spiro atoms. The lowest BCUT2D eigenvalue weighted by Crippen LogP contribution is -2.25. The molecule has 0 atom stereocenters. The van der Waals surface area contributed by atoms with E-state index in [1.807, 2.05) is 12.1 Å². The number of aliphatic carboxylic acids is 1. The van der Waals surface area contributed by atoms with Crippen LogP contribution in [0.25, 0.3) is 0 Å². The number of rotatable bonds is 5. The van der Waals surface area contributed by atoms with Gasteiger partial charge in [-0.1, -0.05) is 37.6 Å². The third-order valence-corrected chi connectivity index (χ3v) is 3.35. The van der Waals surface area contributed by atoms with Gasteiger partial charge in [-0.25, -0.2) is 0 Å². The van der Waals surface area contributed by atoms with E-state index in [9.17, 15) is 9.59 Å². The average molecular weight is 232 g/mol. The highest BCUT2D eigenvalue weighted by molar-refractivity contribution is 6.14. The van der Waals surface area contributed by atoms with E-state index in [2.05, 4.69) is 6.92 Å². The monoisotopic (exact) mass is 232 g/mol. The number of aryl methyl sites for hydroxylation is 1. The van der Waals surface area contributed by atoms with Gasteiger partial charge >= 0.3 is 5.97 Å². The topological polar surface area (TPSA) is 54.4 Å². The summed E-state index contributed by atoms with van der Waals surface area (Å²) in [6, 6.07) is 7.32. The SMILES string of the molecule is CCCc1ccc(C(=O)C2(C(=O)O)CC2)cc1. The Labute approximate surface area is 100 Å². The fourth-order valence-corrected chi connectivity index (χ4v) is 2.05. The van der Waals surface area contributed by atoms with Crippen molar-refractivity contribution in [3.63, 3.8) is 0 Å². The minimum atomic E-state index is -1.12. The number of hydrogen-bond acceptors (Lipinski definition) is 2. The molecule has 0 radical (unpaired) electrons. The van der Waals surface area contributed by atoms with Gasteiger partial charge in [0.05, 0.1) is 0 Å². The number of carboxylic acid groups (broad SMARTS) is 1. The van der Waals surface area contributed by atoms with Crippen molar-refractivity contribution < 1.29 is 14.7 Å². The zero-order chi connectivity index (χ0) is 12.5. The third-order valence-electron chi connectivity index (χ3n) is 3.35. The Morgan fingerprint density at radius 1 is 1.24 bits per heavy atom. The minimum Gasteiger partial charge on any atom is -0.480 e. The number of ketones is 1. The maximum atomic E-state index is 12.1. The van der Waals surface area contributed by atoms with Crippen LogP contribution in [0, 0.1) is 5.41 Å². The second-order valence-corrected chi connectivity index (χ2v) is 4.66. The van der Waals surface area contributed by atoms with Crippen molar-refractivity contribution in [1.29, 1.82) is 0 Å². The lowest BCUT2D eigenvalue weighted by atomic mass is 9.94. The minimum absolute atomic E-state index is 0.243. The van der Waals surface area contributed by atoms with Gasteiger partial charge in [-0.15, -0.1) is 0 Å². The summed E-state index contributed by atoms with van der Waals surface area (Å²) in [6.45, 7) is 2.10. The zero-order valence-corrected chi connectivity index (χ0v) is 9.90. The van der Waals surface area contributed by atoms with Crippen molar-refractivity contribution in [3.8, 4) is 0 Å². The molecule has 0 amide bonds. The van der Waals surface area contributed by atoms with Crippen LogP contribution in [0.3, 0.4) is 0 Å². The molecule has 0 bridgehead atoms. The van der Waals surface area contributed by atoms with E-state index < -0.39 is 11.4 Å². The summed E-state index contributed by atoms with van der Waals surface area (Å²) in [5, 5.41) is 9.05. The Kier molecular flexibility index (Phi) is 3.01. The molecule has 3 nitrogen and oxygen atoms in total. The van der Waals surface area contributed by atoms with Gasteiger partial charge in [-0.2, -0.15) is 0 Å². The molecule has 1 N–H and O–H groups in total. The Morgan fingerprint density at radius 2 is 1.82 bits per heavy atom. The molecule has 1 aliphatic carbocycles. The van der Waals surface area contributed by atoms with Crippen LogP contribution >= 0.6 is 0 Å². The van der Waals surface area contributed by atoms with E-state index in [4.69, 9.17) is 5.11 Å². The van der Waals surface area contributed by atoms with Crippen LogP contribution in [0.2, 0.25) is 0 Å². The molecule has 17 heavy (non-hydrogen) atoms. The molecule has 1 fully saturated rings. The summed E-state index contributed by atoms with van der Waals surface area (Å²) in [4.78, 5) is 23.1. The second-order valence-electron chi connectivity index (χ2n) is 4.66. The Balaban J connectivity index is 2.18. The molecule has 1 aromatic rings. The quantitative estimate of drug-likeness (QED) is 0.627. The predicted octanol–water partition coefficient (Wildman–Crippen LogP) is 2.69. The number of carbonyl (C=O) groups is 2. The van der Waals surface area contributed by atoms with Gasteiger partial charge in [0.15, 0.2) is 5.78 Å². The molecule has 90 valence electrons. The fourth-order valence-electron chi connectivity index (χ4n) is 2.05. The number of benzene rings is 1. The van der Waals surface area contributed by atoms with Gasteiger partial charge in [-0.05, 0) is 24.8 Å². The maximum Gasteiger partial charge on any atom is 0.317 e. The molecule has 0 saturated heterocycles. The first kappa shape index (κ1) is 11.8. The van der Waals surface area contributed by atoms with Crippen LogP contribution in [0.4, 0.5) is 0 Å². The Morgan fingerprint density at radius 3 is 2.24 bits per heavy atom. The van der Waals surface area contributed by atoms with Crippen molar-refractivity contribution in [1.82, 2.24) is 0 Å². The molecule has 2 rings (SSSR count). The number of carboxylic acids is 1. The van der Waals surface area contributed by atoms with Crippen LogP contribution in [-0.4, -0.2) is 16.9 Å². The highest BCUT2D eigenvalue weighted by atomic mass is 16.4. The molecule has 0 unspecified atom stereocenters. The third kappa shape index (κ3) is 2.09. The first-order chi connectivity index (χ1) is 8.10. The normalized spacial score (nSPS) is 16.5. The smallest absolute Gasteiger partial charge is 0.317 e. The molecule has 1 aliphatic rings. The van der Waals surface area contributed by atoms with Crippen LogP contribution in [0.15, 0.2) is 24.3 Å². The molecule has 0 aromatic heterocycles. The molecule has 3 heteroatoms. The van der Waals surface area contributed by atoms with E-state index in [0.29, 0.717) is 18.4 Å². The predicted molar refractivity (Wildman–Crippen MR) is 64.1 cm³/mol. The summed E-state index contributed by atoms with van der Waals surface area (Å²) >= 11 is 0. The van der Waals surface area contributed by atoms with E-state index in [1.54, 1.807) is 12.1 Å².